The zero-order valence-electron chi connectivity index (χ0n) is 9.73. The van der Waals surface area contributed by atoms with Crippen molar-refractivity contribution in [2.75, 3.05) is 0 Å². The molecule has 0 spiro atoms. The molecule has 0 fully saturated rings. The van der Waals surface area contributed by atoms with E-state index in [2.05, 4.69) is 30.4 Å². The lowest BCUT2D eigenvalue weighted by atomic mass is 9.99. The maximum atomic E-state index is 10.0. The normalized spacial score (nSPS) is 15.2. The van der Waals surface area contributed by atoms with Crippen molar-refractivity contribution in [2.24, 2.45) is 5.92 Å². The predicted octanol–water partition coefficient (Wildman–Crippen LogP) is 2.96. The van der Waals surface area contributed by atoms with Crippen LogP contribution < -0.4 is 0 Å². The number of hydrogen-bond acceptors (Lipinski definition) is 4. The summed E-state index contributed by atoms with van der Waals surface area (Å²) >= 11 is 1.34. The van der Waals surface area contributed by atoms with Crippen LogP contribution in [-0.4, -0.2) is 14.7 Å². The molecule has 1 aromatic rings. The molecule has 15 heavy (non-hydrogen) atoms. The lowest BCUT2D eigenvalue weighted by Crippen LogP contribution is -2.04. The van der Waals surface area contributed by atoms with Crippen LogP contribution in [0.5, 0.6) is 0 Å². The van der Waals surface area contributed by atoms with Crippen molar-refractivity contribution in [3.8, 4) is 0 Å². The van der Waals surface area contributed by atoms with Crippen molar-refractivity contribution >= 4 is 11.5 Å². The molecule has 1 aromatic heterocycles. The molecule has 0 aliphatic rings. The third-order valence-electron chi connectivity index (χ3n) is 2.70. The Morgan fingerprint density at radius 3 is 2.73 bits per heavy atom. The Balaban J connectivity index is 2.63. The van der Waals surface area contributed by atoms with Gasteiger partial charge in [-0.1, -0.05) is 38.1 Å². The monoisotopic (exact) mass is 228 g/mol. The van der Waals surface area contributed by atoms with Gasteiger partial charge in [-0.05, 0) is 30.3 Å². The molecule has 0 amide bonds. The molecule has 0 aromatic carbocycles. The topological polar surface area (TPSA) is 46.0 Å². The highest BCUT2D eigenvalue weighted by atomic mass is 32.1. The number of hydrogen-bond donors (Lipinski definition) is 1. The molecule has 86 valence electrons. The van der Waals surface area contributed by atoms with Crippen LogP contribution in [-0.2, 0) is 6.42 Å². The number of aliphatic hydroxyl groups is 1. The Bertz CT molecular complexity index is 288. The molecule has 1 rings (SSSR count). The summed E-state index contributed by atoms with van der Waals surface area (Å²) in [5, 5.41) is 14.1. The summed E-state index contributed by atoms with van der Waals surface area (Å²) in [5.74, 6) is 0.552. The first-order chi connectivity index (χ1) is 7.19. The van der Waals surface area contributed by atoms with Gasteiger partial charge in [-0.15, -0.1) is 5.10 Å². The van der Waals surface area contributed by atoms with Gasteiger partial charge in [0.25, 0.3) is 0 Å². The van der Waals surface area contributed by atoms with Gasteiger partial charge in [-0.2, -0.15) is 0 Å². The molecular formula is C11H20N2OS. The first-order valence-corrected chi connectivity index (χ1v) is 6.45. The first kappa shape index (κ1) is 12.6. The zero-order valence-corrected chi connectivity index (χ0v) is 10.5. The molecule has 0 aliphatic carbocycles. The third-order valence-corrected chi connectivity index (χ3v) is 3.56. The van der Waals surface area contributed by atoms with E-state index in [0.717, 1.165) is 36.3 Å². The van der Waals surface area contributed by atoms with E-state index in [1.165, 1.54) is 11.5 Å². The largest absolute Gasteiger partial charge is 0.387 e. The fraction of sp³-hybridized carbons (Fsp3) is 0.818. The highest BCUT2D eigenvalue weighted by molar-refractivity contribution is 7.05. The highest BCUT2D eigenvalue weighted by Crippen LogP contribution is 2.27. The molecule has 2 atom stereocenters. The van der Waals surface area contributed by atoms with Crippen LogP contribution in [0.25, 0.3) is 0 Å². The summed E-state index contributed by atoms with van der Waals surface area (Å²) < 4.78 is 3.93. The van der Waals surface area contributed by atoms with Crippen molar-refractivity contribution in [1.82, 2.24) is 9.59 Å². The Morgan fingerprint density at radius 1 is 1.40 bits per heavy atom. The van der Waals surface area contributed by atoms with Gasteiger partial charge in [-0.25, -0.2) is 0 Å². The SMILES string of the molecule is CCCc1nnsc1C(O)CC(C)CC. The standard InChI is InChI=1S/C11H20N2OS/c1-4-6-9-11(15-13-12-9)10(14)7-8(3)5-2/h8,10,14H,4-7H2,1-3H3. The van der Waals surface area contributed by atoms with E-state index >= 15 is 0 Å². The van der Waals surface area contributed by atoms with Crippen molar-refractivity contribution < 1.29 is 5.11 Å². The molecule has 0 saturated heterocycles. The van der Waals surface area contributed by atoms with Crippen LogP contribution in [0.4, 0.5) is 0 Å². The van der Waals surface area contributed by atoms with Crippen molar-refractivity contribution in [2.45, 2.75) is 52.6 Å². The number of aryl methyl sites for hydroxylation is 1. The van der Waals surface area contributed by atoms with E-state index in [4.69, 9.17) is 0 Å². The smallest absolute Gasteiger partial charge is 0.0919 e. The van der Waals surface area contributed by atoms with Gasteiger partial charge in [0.2, 0.25) is 0 Å². The second kappa shape index (κ2) is 6.18. The van der Waals surface area contributed by atoms with Gasteiger partial charge < -0.3 is 5.11 Å². The number of rotatable bonds is 6. The summed E-state index contributed by atoms with van der Waals surface area (Å²) in [6.07, 6.45) is 3.52. The minimum absolute atomic E-state index is 0.374. The van der Waals surface area contributed by atoms with E-state index < -0.39 is 0 Å². The van der Waals surface area contributed by atoms with Gasteiger partial charge in [0.15, 0.2) is 0 Å². The summed E-state index contributed by atoms with van der Waals surface area (Å²) in [5.41, 5.74) is 0.985. The quantitative estimate of drug-likeness (QED) is 0.814. The third kappa shape index (κ3) is 3.54. The lowest BCUT2D eigenvalue weighted by Gasteiger charge is -2.13. The van der Waals surface area contributed by atoms with E-state index in [1.807, 2.05) is 0 Å². The molecule has 2 unspecified atom stereocenters. The van der Waals surface area contributed by atoms with Gasteiger partial charge >= 0.3 is 0 Å². The molecule has 0 bridgehead atoms. The van der Waals surface area contributed by atoms with E-state index in [1.54, 1.807) is 0 Å². The summed E-state index contributed by atoms with van der Waals surface area (Å²) in [7, 11) is 0. The number of aliphatic hydroxyl groups excluding tert-OH is 1. The summed E-state index contributed by atoms with van der Waals surface area (Å²) in [4.78, 5) is 0.970. The second-order valence-electron chi connectivity index (χ2n) is 4.10. The Labute approximate surface area is 95.7 Å². The van der Waals surface area contributed by atoms with Gasteiger partial charge in [-0.3, -0.25) is 0 Å². The number of aromatic nitrogens is 2. The number of nitrogens with zero attached hydrogens (tertiary/aromatic N) is 2. The molecule has 1 N–H and O–H groups in total. The maximum absolute atomic E-state index is 10.0. The second-order valence-corrected chi connectivity index (χ2v) is 4.88. The van der Waals surface area contributed by atoms with Crippen molar-refractivity contribution in [3.63, 3.8) is 0 Å². The van der Waals surface area contributed by atoms with Crippen LogP contribution >= 0.6 is 11.5 Å². The van der Waals surface area contributed by atoms with Crippen molar-refractivity contribution in [3.05, 3.63) is 10.6 Å². The van der Waals surface area contributed by atoms with E-state index in [0.29, 0.717) is 5.92 Å². The van der Waals surface area contributed by atoms with Crippen LogP contribution in [0.3, 0.4) is 0 Å². The molecule has 0 saturated carbocycles. The highest BCUT2D eigenvalue weighted by Gasteiger charge is 2.18. The summed E-state index contributed by atoms with van der Waals surface area (Å²) in [6.45, 7) is 6.43. The van der Waals surface area contributed by atoms with Crippen LogP contribution in [0.1, 0.15) is 56.7 Å². The average molecular weight is 228 g/mol. The minimum atomic E-state index is -0.374. The zero-order chi connectivity index (χ0) is 11.3. The fourth-order valence-electron chi connectivity index (χ4n) is 1.53. The first-order valence-electron chi connectivity index (χ1n) is 5.68. The van der Waals surface area contributed by atoms with Crippen LogP contribution in [0.2, 0.25) is 0 Å². The Kier molecular flexibility index (Phi) is 5.19. The van der Waals surface area contributed by atoms with Gasteiger partial charge in [0.1, 0.15) is 0 Å². The van der Waals surface area contributed by atoms with Gasteiger partial charge in [0.05, 0.1) is 16.7 Å². The molecule has 3 nitrogen and oxygen atoms in total. The molecular weight excluding hydrogens is 208 g/mol. The minimum Gasteiger partial charge on any atom is -0.387 e. The average Bonchev–Trinajstić information content (AvgIpc) is 2.66. The molecule has 0 aliphatic heterocycles. The lowest BCUT2D eigenvalue weighted by molar-refractivity contribution is 0.149. The van der Waals surface area contributed by atoms with Gasteiger partial charge in [0, 0.05) is 0 Å². The van der Waals surface area contributed by atoms with E-state index in [-0.39, 0.29) is 6.10 Å². The molecule has 0 radical (unpaired) electrons. The Hall–Kier alpha value is -0.480. The molecule has 4 heteroatoms. The fourth-order valence-corrected chi connectivity index (χ4v) is 2.23. The molecule has 1 heterocycles. The summed E-state index contributed by atoms with van der Waals surface area (Å²) in [6, 6.07) is 0. The van der Waals surface area contributed by atoms with Crippen LogP contribution in [0.15, 0.2) is 0 Å². The Morgan fingerprint density at radius 2 is 2.13 bits per heavy atom. The van der Waals surface area contributed by atoms with Crippen LogP contribution in [0, 0.1) is 5.92 Å². The predicted molar refractivity (Wildman–Crippen MR) is 62.9 cm³/mol. The van der Waals surface area contributed by atoms with Crippen molar-refractivity contribution in [1.29, 1.82) is 0 Å². The maximum Gasteiger partial charge on any atom is 0.0919 e. The van der Waals surface area contributed by atoms with E-state index in [9.17, 15) is 5.11 Å².